The second kappa shape index (κ2) is 6.14. The van der Waals surface area contributed by atoms with Crippen molar-refractivity contribution >= 4 is 15.8 Å². The van der Waals surface area contributed by atoms with E-state index in [9.17, 15) is 13.2 Å². The van der Waals surface area contributed by atoms with Gasteiger partial charge >= 0.3 is 0 Å². The molecular weight excluding hydrogens is 350 g/mol. The second-order valence-electron chi connectivity index (χ2n) is 8.68. The molecule has 0 aromatic heterocycles. The van der Waals surface area contributed by atoms with Crippen LogP contribution in [0.5, 0.6) is 0 Å². The molecule has 2 aliphatic carbocycles. The van der Waals surface area contributed by atoms with Crippen molar-refractivity contribution in [3.63, 3.8) is 0 Å². The molecule has 3 aliphatic rings. The second-order valence-corrected chi connectivity index (χ2v) is 10.5. The van der Waals surface area contributed by atoms with Crippen LogP contribution in [0.25, 0.3) is 0 Å². The molecule has 2 saturated carbocycles. The van der Waals surface area contributed by atoms with Crippen molar-refractivity contribution in [2.24, 2.45) is 16.7 Å². The van der Waals surface area contributed by atoms with Crippen LogP contribution in [-0.2, 0) is 32.6 Å². The fraction of sp³-hybridized carbons (Fsp3) is 0.650. The predicted octanol–water partition coefficient (Wildman–Crippen LogP) is 2.44. The zero-order chi connectivity index (χ0) is 18.6. The number of ether oxygens (including phenoxy) is 1. The first-order chi connectivity index (χ1) is 12.2. The molecule has 0 saturated heterocycles. The minimum Gasteiger partial charge on any atom is -0.372 e. The van der Waals surface area contributed by atoms with E-state index >= 15 is 0 Å². The summed E-state index contributed by atoms with van der Waals surface area (Å²) in [6.07, 6.45) is 2.72. The monoisotopic (exact) mass is 377 g/mol. The molecule has 1 N–H and O–H groups in total. The standard InChI is InChI=1S/C20H27NO4S/c1-19(2)16-7-8-20(19,18(22)10-16)13-26(23,24)21-11-17-9-14-5-3-4-6-15(14)12-25-17/h3-6,16-17,21H,7-13H2,1-2H3. The normalized spacial score (nSPS) is 32.6. The van der Waals surface area contributed by atoms with Gasteiger partial charge in [-0.1, -0.05) is 38.1 Å². The zero-order valence-electron chi connectivity index (χ0n) is 15.5. The molecule has 3 atom stereocenters. The Labute approximate surface area is 155 Å². The molecule has 2 bridgehead atoms. The van der Waals surface area contributed by atoms with Crippen LogP contribution in [-0.4, -0.2) is 32.6 Å². The zero-order valence-corrected chi connectivity index (χ0v) is 16.3. The number of carbonyl (C=O) groups excluding carboxylic acids is 1. The average molecular weight is 378 g/mol. The Hall–Kier alpha value is -1.24. The lowest BCUT2D eigenvalue weighted by atomic mass is 9.70. The molecule has 26 heavy (non-hydrogen) atoms. The Morgan fingerprint density at radius 1 is 1.19 bits per heavy atom. The van der Waals surface area contributed by atoms with Gasteiger partial charge in [-0.05, 0) is 35.3 Å². The average Bonchev–Trinajstić information content (AvgIpc) is 2.94. The summed E-state index contributed by atoms with van der Waals surface area (Å²) in [7, 11) is -3.54. The third-order valence-electron chi connectivity index (χ3n) is 7.15. The van der Waals surface area contributed by atoms with Crippen molar-refractivity contribution < 1.29 is 17.9 Å². The van der Waals surface area contributed by atoms with Gasteiger partial charge in [0.25, 0.3) is 0 Å². The number of fused-ring (bicyclic) bond motifs is 3. The van der Waals surface area contributed by atoms with Crippen LogP contribution in [0.1, 0.15) is 44.2 Å². The molecule has 2 fully saturated rings. The molecule has 5 nitrogen and oxygen atoms in total. The van der Waals surface area contributed by atoms with Crippen LogP contribution >= 0.6 is 0 Å². The lowest BCUT2D eigenvalue weighted by molar-refractivity contribution is -0.128. The van der Waals surface area contributed by atoms with Crippen molar-refractivity contribution in [1.82, 2.24) is 4.72 Å². The number of nitrogens with one attached hydrogen (secondary N) is 1. The summed E-state index contributed by atoms with van der Waals surface area (Å²) >= 11 is 0. The maximum absolute atomic E-state index is 12.8. The molecule has 1 heterocycles. The van der Waals surface area contributed by atoms with Gasteiger partial charge in [-0.2, -0.15) is 0 Å². The molecule has 4 rings (SSSR count). The van der Waals surface area contributed by atoms with Gasteiger partial charge in [0.1, 0.15) is 5.78 Å². The van der Waals surface area contributed by atoms with Crippen molar-refractivity contribution in [2.75, 3.05) is 12.3 Å². The summed E-state index contributed by atoms with van der Waals surface area (Å²) in [5, 5.41) is 0. The minimum atomic E-state index is -3.54. The third kappa shape index (κ3) is 2.83. The fourth-order valence-corrected chi connectivity index (χ4v) is 7.11. The number of rotatable bonds is 5. The number of hydrogen-bond acceptors (Lipinski definition) is 4. The van der Waals surface area contributed by atoms with Crippen LogP contribution in [0.3, 0.4) is 0 Å². The van der Waals surface area contributed by atoms with Crippen LogP contribution < -0.4 is 4.72 Å². The van der Waals surface area contributed by atoms with Gasteiger partial charge in [-0.3, -0.25) is 4.79 Å². The highest BCUT2D eigenvalue weighted by Crippen LogP contribution is 2.64. The van der Waals surface area contributed by atoms with Gasteiger partial charge in [0.2, 0.25) is 10.0 Å². The summed E-state index contributed by atoms with van der Waals surface area (Å²) in [4.78, 5) is 12.6. The summed E-state index contributed by atoms with van der Waals surface area (Å²) < 4.78 is 34.1. The van der Waals surface area contributed by atoms with Gasteiger partial charge in [-0.15, -0.1) is 0 Å². The number of benzene rings is 1. The molecule has 1 aromatic rings. The molecule has 6 heteroatoms. The van der Waals surface area contributed by atoms with E-state index in [1.807, 2.05) is 18.2 Å². The number of ketones is 1. The topological polar surface area (TPSA) is 72.5 Å². The summed E-state index contributed by atoms with van der Waals surface area (Å²) in [5.41, 5.74) is 1.43. The number of hydrogen-bond donors (Lipinski definition) is 1. The lowest BCUT2D eigenvalue weighted by Crippen LogP contribution is -2.47. The smallest absolute Gasteiger partial charge is 0.212 e. The third-order valence-corrected chi connectivity index (χ3v) is 8.63. The summed E-state index contributed by atoms with van der Waals surface area (Å²) in [5.74, 6) is 0.362. The van der Waals surface area contributed by atoms with E-state index in [0.29, 0.717) is 31.8 Å². The molecular formula is C20H27NO4S. The Kier molecular flexibility index (Phi) is 4.29. The lowest BCUT2D eigenvalue weighted by Gasteiger charge is -2.36. The highest BCUT2D eigenvalue weighted by atomic mass is 32.2. The van der Waals surface area contributed by atoms with E-state index in [2.05, 4.69) is 24.6 Å². The first kappa shape index (κ1) is 18.1. The van der Waals surface area contributed by atoms with Crippen molar-refractivity contribution in [2.45, 2.75) is 52.2 Å². The first-order valence-corrected chi connectivity index (χ1v) is 11.1. The van der Waals surface area contributed by atoms with Gasteiger partial charge in [0.05, 0.1) is 18.5 Å². The van der Waals surface area contributed by atoms with E-state index in [-0.39, 0.29) is 29.6 Å². The SMILES string of the molecule is CC1(C)C2CCC1(CS(=O)(=O)NCC1Cc3ccccc3CO1)C(=O)C2. The summed E-state index contributed by atoms with van der Waals surface area (Å²) in [6.45, 7) is 4.89. The van der Waals surface area contributed by atoms with E-state index in [4.69, 9.17) is 4.74 Å². The van der Waals surface area contributed by atoms with Gasteiger partial charge < -0.3 is 4.74 Å². The van der Waals surface area contributed by atoms with E-state index < -0.39 is 15.4 Å². The molecule has 142 valence electrons. The Morgan fingerprint density at radius 3 is 2.58 bits per heavy atom. The first-order valence-electron chi connectivity index (χ1n) is 9.42. The molecule has 0 amide bonds. The number of Topliss-reactive ketones (excluding diaryl/α,β-unsaturated/α-hetero) is 1. The predicted molar refractivity (Wildman–Crippen MR) is 99.1 cm³/mol. The summed E-state index contributed by atoms with van der Waals surface area (Å²) in [6, 6.07) is 8.09. The Balaban J connectivity index is 1.42. The maximum Gasteiger partial charge on any atom is 0.212 e. The van der Waals surface area contributed by atoms with E-state index in [1.165, 1.54) is 11.1 Å². The van der Waals surface area contributed by atoms with Crippen LogP contribution in [0.15, 0.2) is 24.3 Å². The highest BCUT2D eigenvalue weighted by Gasteiger charge is 2.65. The maximum atomic E-state index is 12.8. The van der Waals surface area contributed by atoms with Gasteiger partial charge in [0, 0.05) is 24.8 Å². The van der Waals surface area contributed by atoms with Gasteiger partial charge in [0.15, 0.2) is 0 Å². The fourth-order valence-electron chi connectivity index (χ4n) is 5.24. The minimum absolute atomic E-state index is 0.0916. The largest absolute Gasteiger partial charge is 0.372 e. The van der Waals surface area contributed by atoms with E-state index in [0.717, 1.165) is 6.42 Å². The molecule has 0 radical (unpaired) electrons. The number of carbonyl (C=O) groups is 1. The quantitative estimate of drug-likeness (QED) is 0.855. The van der Waals surface area contributed by atoms with Crippen molar-refractivity contribution in [3.8, 4) is 0 Å². The molecule has 1 aromatic carbocycles. The van der Waals surface area contributed by atoms with E-state index in [1.54, 1.807) is 0 Å². The van der Waals surface area contributed by atoms with Crippen LogP contribution in [0.4, 0.5) is 0 Å². The highest BCUT2D eigenvalue weighted by molar-refractivity contribution is 7.89. The Morgan fingerprint density at radius 2 is 1.92 bits per heavy atom. The molecule has 1 aliphatic heterocycles. The Bertz CT molecular complexity index is 832. The molecule has 0 spiro atoms. The van der Waals surface area contributed by atoms with Crippen LogP contribution in [0.2, 0.25) is 0 Å². The molecule has 3 unspecified atom stereocenters. The van der Waals surface area contributed by atoms with Gasteiger partial charge in [-0.25, -0.2) is 13.1 Å². The number of sulfonamides is 1. The van der Waals surface area contributed by atoms with Crippen LogP contribution in [0, 0.1) is 16.7 Å². The van der Waals surface area contributed by atoms with Crippen molar-refractivity contribution in [1.29, 1.82) is 0 Å². The van der Waals surface area contributed by atoms with Crippen molar-refractivity contribution in [3.05, 3.63) is 35.4 Å².